The lowest BCUT2D eigenvalue weighted by atomic mass is 10.1. The standard InChI is InChI=1S/C7H12N2OS/c1-7(2,8)5-4-9-6(10-3)11-5/h4H,8H2,1-3H3. The van der Waals surface area contributed by atoms with Crippen molar-refractivity contribution in [3.63, 3.8) is 0 Å². The molecule has 1 aromatic rings. The van der Waals surface area contributed by atoms with Gasteiger partial charge in [0.1, 0.15) is 0 Å². The molecule has 1 aromatic heterocycles. The van der Waals surface area contributed by atoms with Gasteiger partial charge in [0, 0.05) is 16.6 Å². The fraction of sp³-hybridized carbons (Fsp3) is 0.571. The molecule has 0 bridgehead atoms. The Bertz CT molecular complexity index is 239. The van der Waals surface area contributed by atoms with E-state index >= 15 is 0 Å². The van der Waals surface area contributed by atoms with Crippen molar-refractivity contribution in [2.75, 3.05) is 7.11 Å². The van der Waals surface area contributed by atoms with Gasteiger partial charge in [-0.25, -0.2) is 4.98 Å². The van der Waals surface area contributed by atoms with Crippen molar-refractivity contribution in [1.82, 2.24) is 4.98 Å². The van der Waals surface area contributed by atoms with E-state index in [4.69, 9.17) is 10.5 Å². The van der Waals surface area contributed by atoms with Gasteiger partial charge in [0.15, 0.2) is 0 Å². The Morgan fingerprint density at radius 1 is 1.64 bits per heavy atom. The normalized spacial score (nSPS) is 11.6. The Kier molecular flexibility index (Phi) is 2.15. The largest absolute Gasteiger partial charge is 0.473 e. The minimum atomic E-state index is -0.311. The van der Waals surface area contributed by atoms with Crippen LogP contribution >= 0.6 is 11.3 Å². The first-order valence-corrected chi connectivity index (χ1v) is 4.15. The van der Waals surface area contributed by atoms with E-state index < -0.39 is 0 Å². The second-order valence-electron chi connectivity index (χ2n) is 2.92. The summed E-state index contributed by atoms with van der Waals surface area (Å²) in [6.45, 7) is 3.89. The molecule has 3 nitrogen and oxygen atoms in total. The van der Waals surface area contributed by atoms with E-state index in [-0.39, 0.29) is 5.54 Å². The summed E-state index contributed by atoms with van der Waals surface area (Å²) in [6.07, 6.45) is 1.75. The molecule has 11 heavy (non-hydrogen) atoms. The third kappa shape index (κ3) is 1.91. The molecule has 62 valence electrons. The topological polar surface area (TPSA) is 48.1 Å². The molecule has 0 fully saturated rings. The Labute approximate surface area is 70.2 Å². The highest BCUT2D eigenvalue weighted by Gasteiger charge is 2.17. The lowest BCUT2D eigenvalue weighted by molar-refractivity contribution is 0.412. The molecule has 1 heterocycles. The molecule has 0 spiro atoms. The highest BCUT2D eigenvalue weighted by molar-refractivity contribution is 7.13. The zero-order valence-corrected chi connectivity index (χ0v) is 7.73. The Morgan fingerprint density at radius 3 is 2.55 bits per heavy atom. The number of ether oxygens (including phenoxy) is 1. The number of hydrogen-bond acceptors (Lipinski definition) is 4. The maximum Gasteiger partial charge on any atom is 0.273 e. The summed E-state index contributed by atoms with van der Waals surface area (Å²) in [5, 5.41) is 0.665. The highest BCUT2D eigenvalue weighted by Crippen LogP contribution is 2.27. The minimum absolute atomic E-state index is 0.311. The van der Waals surface area contributed by atoms with Crippen LogP contribution in [0.25, 0.3) is 0 Å². The number of nitrogens with two attached hydrogens (primary N) is 1. The Hall–Kier alpha value is -0.610. The van der Waals surface area contributed by atoms with E-state index in [9.17, 15) is 0 Å². The maximum absolute atomic E-state index is 5.84. The van der Waals surface area contributed by atoms with Crippen LogP contribution < -0.4 is 10.5 Å². The molecule has 0 saturated heterocycles. The number of aromatic nitrogens is 1. The van der Waals surface area contributed by atoms with E-state index in [0.29, 0.717) is 5.19 Å². The fourth-order valence-electron chi connectivity index (χ4n) is 0.650. The molecule has 1 rings (SSSR count). The molecular weight excluding hydrogens is 160 g/mol. The molecule has 0 aliphatic rings. The lowest BCUT2D eigenvalue weighted by Crippen LogP contribution is -2.27. The van der Waals surface area contributed by atoms with Gasteiger partial charge >= 0.3 is 0 Å². The predicted molar refractivity (Wildman–Crippen MR) is 45.9 cm³/mol. The van der Waals surface area contributed by atoms with E-state index in [1.807, 2.05) is 13.8 Å². The van der Waals surface area contributed by atoms with E-state index in [1.54, 1.807) is 13.3 Å². The number of rotatable bonds is 2. The van der Waals surface area contributed by atoms with Crippen LogP contribution in [0, 0.1) is 0 Å². The van der Waals surface area contributed by atoms with Crippen molar-refractivity contribution in [1.29, 1.82) is 0 Å². The van der Waals surface area contributed by atoms with Crippen LogP contribution in [0.1, 0.15) is 18.7 Å². The van der Waals surface area contributed by atoms with E-state index in [1.165, 1.54) is 11.3 Å². The Balaban J connectivity index is 2.89. The highest BCUT2D eigenvalue weighted by atomic mass is 32.1. The molecule has 4 heteroatoms. The number of nitrogens with zero attached hydrogens (tertiary/aromatic N) is 1. The van der Waals surface area contributed by atoms with Crippen molar-refractivity contribution in [3.05, 3.63) is 11.1 Å². The predicted octanol–water partition coefficient (Wildman–Crippen LogP) is 1.35. The molecular formula is C7H12N2OS. The smallest absolute Gasteiger partial charge is 0.273 e. The van der Waals surface area contributed by atoms with Crippen LogP contribution in [0.2, 0.25) is 0 Å². The number of thiazole rings is 1. The maximum atomic E-state index is 5.84. The summed E-state index contributed by atoms with van der Waals surface area (Å²) in [4.78, 5) is 5.05. The van der Waals surface area contributed by atoms with Crippen LogP contribution in [0.4, 0.5) is 0 Å². The van der Waals surface area contributed by atoms with Crippen LogP contribution in [0.15, 0.2) is 6.20 Å². The summed E-state index contributed by atoms with van der Waals surface area (Å²) < 4.78 is 4.94. The number of methoxy groups -OCH3 is 1. The van der Waals surface area contributed by atoms with Gasteiger partial charge in [-0.2, -0.15) is 0 Å². The van der Waals surface area contributed by atoms with Crippen LogP contribution in [-0.2, 0) is 5.54 Å². The molecule has 0 amide bonds. The minimum Gasteiger partial charge on any atom is -0.473 e. The first kappa shape index (κ1) is 8.49. The third-order valence-electron chi connectivity index (χ3n) is 1.29. The van der Waals surface area contributed by atoms with Gasteiger partial charge in [0.2, 0.25) is 0 Å². The third-order valence-corrected chi connectivity index (χ3v) is 2.59. The van der Waals surface area contributed by atoms with Crippen molar-refractivity contribution >= 4 is 11.3 Å². The van der Waals surface area contributed by atoms with Crippen LogP contribution in [0.3, 0.4) is 0 Å². The first-order chi connectivity index (χ1) is 5.04. The summed E-state index contributed by atoms with van der Waals surface area (Å²) in [5.41, 5.74) is 5.53. The fourth-order valence-corrected chi connectivity index (χ4v) is 1.40. The van der Waals surface area contributed by atoms with Gasteiger partial charge in [-0.1, -0.05) is 11.3 Å². The first-order valence-electron chi connectivity index (χ1n) is 3.33. The van der Waals surface area contributed by atoms with Crippen molar-refractivity contribution in [2.45, 2.75) is 19.4 Å². The molecule has 0 aliphatic heterocycles. The van der Waals surface area contributed by atoms with E-state index in [0.717, 1.165) is 4.88 Å². The number of hydrogen-bond donors (Lipinski definition) is 1. The second-order valence-corrected chi connectivity index (χ2v) is 3.91. The monoisotopic (exact) mass is 172 g/mol. The summed E-state index contributed by atoms with van der Waals surface area (Å²) in [6, 6.07) is 0. The summed E-state index contributed by atoms with van der Waals surface area (Å²) in [7, 11) is 1.60. The second kappa shape index (κ2) is 2.79. The van der Waals surface area contributed by atoms with E-state index in [2.05, 4.69) is 4.98 Å². The lowest BCUT2D eigenvalue weighted by Gasteiger charge is -2.14. The van der Waals surface area contributed by atoms with Gasteiger partial charge in [0.05, 0.1) is 7.11 Å². The molecule has 0 unspecified atom stereocenters. The van der Waals surface area contributed by atoms with Crippen LogP contribution in [-0.4, -0.2) is 12.1 Å². The summed E-state index contributed by atoms with van der Waals surface area (Å²) in [5.74, 6) is 0. The van der Waals surface area contributed by atoms with Gasteiger partial charge in [-0.15, -0.1) is 0 Å². The molecule has 2 N–H and O–H groups in total. The average Bonchev–Trinajstić information content (AvgIpc) is 2.32. The van der Waals surface area contributed by atoms with Gasteiger partial charge in [-0.05, 0) is 13.8 Å². The van der Waals surface area contributed by atoms with Gasteiger partial charge in [0.25, 0.3) is 5.19 Å². The van der Waals surface area contributed by atoms with Crippen molar-refractivity contribution in [3.8, 4) is 5.19 Å². The molecule has 0 aromatic carbocycles. The average molecular weight is 172 g/mol. The van der Waals surface area contributed by atoms with Gasteiger partial charge < -0.3 is 10.5 Å². The van der Waals surface area contributed by atoms with Crippen LogP contribution in [0.5, 0.6) is 5.19 Å². The molecule has 0 saturated carbocycles. The molecule has 0 aliphatic carbocycles. The quantitative estimate of drug-likeness (QED) is 0.732. The summed E-state index contributed by atoms with van der Waals surface area (Å²) >= 11 is 1.48. The SMILES string of the molecule is COc1ncc(C(C)(C)N)s1. The Morgan fingerprint density at radius 2 is 2.27 bits per heavy atom. The van der Waals surface area contributed by atoms with Crippen molar-refractivity contribution < 1.29 is 4.74 Å². The zero-order valence-electron chi connectivity index (χ0n) is 6.92. The van der Waals surface area contributed by atoms with Crippen molar-refractivity contribution in [2.24, 2.45) is 5.73 Å². The van der Waals surface area contributed by atoms with Gasteiger partial charge in [-0.3, -0.25) is 0 Å². The molecule has 0 atom stereocenters. The zero-order chi connectivity index (χ0) is 8.48. The molecule has 0 radical (unpaired) electrons.